The summed E-state index contributed by atoms with van der Waals surface area (Å²) in [5, 5.41) is 3.35. The number of rotatable bonds is 7. The summed E-state index contributed by atoms with van der Waals surface area (Å²) in [7, 11) is -3.99. The Balaban J connectivity index is 1.93. The summed E-state index contributed by atoms with van der Waals surface area (Å²) in [5.41, 5.74) is 4.21. The van der Waals surface area contributed by atoms with Crippen LogP contribution in [0.15, 0.2) is 71.6 Å². The van der Waals surface area contributed by atoms with Gasteiger partial charge >= 0.3 is 0 Å². The lowest BCUT2D eigenvalue weighted by Gasteiger charge is -2.27. The van der Waals surface area contributed by atoms with E-state index in [0.717, 1.165) is 15.4 Å². The molecular formula is C25H27ClN2O3S. The first-order chi connectivity index (χ1) is 15.1. The number of hydrogen-bond donors (Lipinski definition) is 1. The van der Waals surface area contributed by atoms with Gasteiger partial charge in [0.05, 0.1) is 16.6 Å². The second-order valence-electron chi connectivity index (χ2n) is 7.84. The highest BCUT2D eigenvalue weighted by atomic mass is 35.5. The summed E-state index contributed by atoms with van der Waals surface area (Å²) >= 11 is 6.26. The summed E-state index contributed by atoms with van der Waals surface area (Å²) in [5.74, 6) is -0.408. The van der Waals surface area contributed by atoms with Crippen LogP contribution in [-0.2, 0) is 14.8 Å². The Morgan fingerprint density at radius 3 is 2.31 bits per heavy atom. The highest BCUT2D eigenvalue weighted by molar-refractivity contribution is 7.92. The quantitative estimate of drug-likeness (QED) is 0.507. The topological polar surface area (TPSA) is 66.5 Å². The monoisotopic (exact) mass is 470 g/mol. The molecule has 0 bridgehead atoms. The molecule has 0 heterocycles. The molecule has 1 amide bonds. The van der Waals surface area contributed by atoms with Crippen LogP contribution in [0.5, 0.6) is 0 Å². The normalized spacial score (nSPS) is 12.3. The highest BCUT2D eigenvalue weighted by Crippen LogP contribution is 2.30. The average molecular weight is 471 g/mol. The van der Waals surface area contributed by atoms with Gasteiger partial charge in [-0.3, -0.25) is 9.10 Å². The summed E-state index contributed by atoms with van der Waals surface area (Å²) in [6.07, 6.45) is 0. The molecule has 1 N–H and O–H groups in total. The van der Waals surface area contributed by atoms with E-state index in [-0.39, 0.29) is 17.5 Å². The van der Waals surface area contributed by atoms with Crippen LogP contribution in [0.3, 0.4) is 0 Å². The van der Waals surface area contributed by atoms with Crippen LogP contribution >= 0.6 is 11.6 Å². The summed E-state index contributed by atoms with van der Waals surface area (Å²) in [6.45, 7) is 7.29. The number of carbonyl (C=O) groups is 1. The van der Waals surface area contributed by atoms with Gasteiger partial charge in [-0.2, -0.15) is 0 Å². The third-order valence-corrected chi connectivity index (χ3v) is 7.72. The van der Waals surface area contributed by atoms with Crippen molar-refractivity contribution in [1.82, 2.24) is 5.32 Å². The van der Waals surface area contributed by atoms with Crippen molar-refractivity contribution in [3.63, 3.8) is 0 Å². The molecule has 5 nitrogen and oxygen atoms in total. The van der Waals surface area contributed by atoms with Crippen molar-refractivity contribution in [2.75, 3.05) is 10.8 Å². The fourth-order valence-corrected chi connectivity index (χ4v) is 5.09. The van der Waals surface area contributed by atoms with E-state index in [4.69, 9.17) is 11.6 Å². The number of halogens is 1. The molecule has 0 aliphatic rings. The molecule has 0 aromatic heterocycles. The smallest absolute Gasteiger partial charge is 0.264 e. The Labute approximate surface area is 195 Å². The van der Waals surface area contributed by atoms with Gasteiger partial charge in [-0.25, -0.2) is 8.42 Å². The summed E-state index contributed by atoms with van der Waals surface area (Å²) < 4.78 is 28.1. The second kappa shape index (κ2) is 9.76. The van der Waals surface area contributed by atoms with Gasteiger partial charge < -0.3 is 5.32 Å². The molecule has 3 rings (SSSR count). The van der Waals surface area contributed by atoms with E-state index in [1.165, 1.54) is 17.7 Å². The molecular weight excluding hydrogens is 444 g/mol. The number of aryl methyl sites for hydroxylation is 2. The Morgan fingerprint density at radius 1 is 0.969 bits per heavy atom. The van der Waals surface area contributed by atoms with Crippen molar-refractivity contribution in [1.29, 1.82) is 0 Å². The SMILES string of the molecule is Cc1ccc(C(C)NC(=O)CN(c2cccc(Cl)c2C)S(=O)(=O)c2ccccc2)cc1C. The van der Waals surface area contributed by atoms with Gasteiger partial charge in [0.2, 0.25) is 5.91 Å². The molecule has 0 saturated carbocycles. The Hall–Kier alpha value is -2.83. The van der Waals surface area contributed by atoms with Gasteiger partial charge in [0.25, 0.3) is 10.0 Å². The summed E-state index contributed by atoms with van der Waals surface area (Å²) in [4.78, 5) is 13.1. The minimum absolute atomic E-state index is 0.106. The number of nitrogens with one attached hydrogen (secondary N) is 1. The van der Waals surface area contributed by atoms with Gasteiger partial charge in [-0.15, -0.1) is 0 Å². The third kappa shape index (κ3) is 5.14. The van der Waals surface area contributed by atoms with Crippen LogP contribution in [0.1, 0.15) is 35.2 Å². The highest BCUT2D eigenvalue weighted by Gasteiger charge is 2.29. The number of nitrogens with zero attached hydrogens (tertiary/aromatic N) is 1. The lowest BCUT2D eigenvalue weighted by molar-refractivity contribution is -0.120. The first-order valence-electron chi connectivity index (χ1n) is 10.3. The number of hydrogen-bond acceptors (Lipinski definition) is 3. The summed E-state index contributed by atoms with van der Waals surface area (Å²) in [6, 6.07) is 18.8. The first-order valence-corrected chi connectivity index (χ1v) is 12.1. The Morgan fingerprint density at radius 2 is 1.66 bits per heavy atom. The Kier molecular flexibility index (Phi) is 7.26. The van der Waals surface area contributed by atoms with E-state index in [1.54, 1.807) is 43.3 Å². The van der Waals surface area contributed by atoms with Crippen molar-refractivity contribution in [2.45, 2.75) is 38.6 Å². The fourth-order valence-electron chi connectivity index (χ4n) is 3.42. The molecule has 0 aliphatic heterocycles. The molecule has 1 atom stereocenters. The van der Waals surface area contributed by atoms with Crippen molar-refractivity contribution in [2.24, 2.45) is 0 Å². The van der Waals surface area contributed by atoms with Crippen LogP contribution in [0.4, 0.5) is 5.69 Å². The number of carbonyl (C=O) groups excluding carboxylic acids is 1. The van der Waals surface area contributed by atoms with Gasteiger partial charge in [0.15, 0.2) is 0 Å². The molecule has 0 fully saturated rings. The van der Waals surface area contributed by atoms with Crippen LogP contribution in [0.25, 0.3) is 0 Å². The maximum Gasteiger partial charge on any atom is 0.264 e. The van der Waals surface area contributed by atoms with Gasteiger partial charge in [0, 0.05) is 5.02 Å². The molecule has 3 aromatic carbocycles. The fraction of sp³-hybridized carbons (Fsp3) is 0.240. The predicted molar refractivity (Wildman–Crippen MR) is 130 cm³/mol. The standard InChI is InChI=1S/C25H27ClN2O3S/c1-17-13-14-21(15-18(17)2)20(4)27-25(29)16-28(24-12-8-11-23(26)19(24)3)32(30,31)22-9-6-5-7-10-22/h5-15,20H,16H2,1-4H3,(H,27,29). The van der Waals surface area contributed by atoms with Crippen molar-refractivity contribution >= 4 is 33.2 Å². The van der Waals surface area contributed by atoms with E-state index < -0.39 is 15.9 Å². The molecule has 0 saturated heterocycles. The van der Waals surface area contributed by atoms with Crippen molar-refractivity contribution < 1.29 is 13.2 Å². The Bertz CT molecular complexity index is 1230. The number of benzene rings is 3. The molecule has 0 spiro atoms. The second-order valence-corrected chi connectivity index (χ2v) is 10.1. The molecule has 3 aromatic rings. The number of anilines is 1. The van der Waals surface area contributed by atoms with Gasteiger partial charge in [0.1, 0.15) is 6.54 Å². The lowest BCUT2D eigenvalue weighted by atomic mass is 10.0. The van der Waals surface area contributed by atoms with Crippen LogP contribution in [0, 0.1) is 20.8 Å². The maximum atomic E-state index is 13.5. The minimum atomic E-state index is -3.99. The van der Waals surface area contributed by atoms with Crippen molar-refractivity contribution in [3.05, 3.63) is 94.0 Å². The number of sulfonamides is 1. The van der Waals surface area contributed by atoms with Crippen LogP contribution < -0.4 is 9.62 Å². The van der Waals surface area contributed by atoms with Gasteiger partial charge in [-0.1, -0.05) is 54.1 Å². The van der Waals surface area contributed by atoms with Gasteiger partial charge in [-0.05, 0) is 74.2 Å². The van der Waals surface area contributed by atoms with Crippen molar-refractivity contribution in [3.8, 4) is 0 Å². The zero-order valence-electron chi connectivity index (χ0n) is 18.6. The molecule has 0 radical (unpaired) electrons. The largest absolute Gasteiger partial charge is 0.348 e. The molecule has 168 valence electrons. The van der Waals surface area contributed by atoms with E-state index in [1.807, 2.05) is 39.0 Å². The predicted octanol–water partition coefficient (Wildman–Crippen LogP) is 5.34. The van der Waals surface area contributed by atoms with E-state index in [2.05, 4.69) is 5.32 Å². The van der Waals surface area contributed by atoms with E-state index in [9.17, 15) is 13.2 Å². The zero-order valence-corrected chi connectivity index (χ0v) is 20.2. The third-order valence-electron chi connectivity index (χ3n) is 5.53. The van der Waals surface area contributed by atoms with E-state index in [0.29, 0.717) is 16.3 Å². The first kappa shape index (κ1) is 23.8. The zero-order chi connectivity index (χ0) is 23.5. The van der Waals surface area contributed by atoms with E-state index >= 15 is 0 Å². The number of amides is 1. The molecule has 32 heavy (non-hydrogen) atoms. The lowest BCUT2D eigenvalue weighted by Crippen LogP contribution is -2.42. The average Bonchev–Trinajstić information content (AvgIpc) is 2.76. The molecule has 1 unspecified atom stereocenters. The maximum absolute atomic E-state index is 13.5. The molecule has 0 aliphatic carbocycles. The van der Waals surface area contributed by atoms with Crippen LogP contribution in [0.2, 0.25) is 5.02 Å². The molecule has 7 heteroatoms. The minimum Gasteiger partial charge on any atom is -0.348 e. The van der Waals surface area contributed by atoms with Crippen LogP contribution in [-0.4, -0.2) is 20.9 Å².